The molecule has 3 rings (SSSR count). The van der Waals surface area contributed by atoms with Crippen LogP contribution < -0.4 is 0 Å². The summed E-state index contributed by atoms with van der Waals surface area (Å²) in [6, 6.07) is 13.1. The van der Waals surface area contributed by atoms with Gasteiger partial charge in [-0.3, -0.25) is 9.69 Å². The van der Waals surface area contributed by atoms with Gasteiger partial charge in [0, 0.05) is 45.7 Å². The SMILES string of the molecule is CN(C)CCN1CCN(Cc2cccc(-c3ccc(C(F)(F)F)cc3)c2)CCC1=O. The molecule has 1 aliphatic rings. The van der Waals surface area contributed by atoms with E-state index in [1.807, 2.05) is 43.3 Å². The van der Waals surface area contributed by atoms with E-state index in [4.69, 9.17) is 0 Å². The summed E-state index contributed by atoms with van der Waals surface area (Å²) in [5.41, 5.74) is 2.09. The predicted octanol–water partition coefficient (Wildman–Crippen LogP) is 3.97. The van der Waals surface area contributed by atoms with Gasteiger partial charge in [-0.1, -0.05) is 30.3 Å². The van der Waals surface area contributed by atoms with E-state index in [9.17, 15) is 18.0 Å². The lowest BCUT2D eigenvalue weighted by molar-refractivity contribution is -0.137. The van der Waals surface area contributed by atoms with Gasteiger partial charge >= 0.3 is 6.18 Å². The number of carbonyl (C=O) groups excluding carboxylic acids is 1. The third-order valence-electron chi connectivity index (χ3n) is 5.38. The lowest BCUT2D eigenvalue weighted by atomic mass is 10.0. The zero-order valence-corrected chi connectivity index (χ0v) is 17.5. The van der Waals surface area contributed by atoms with Gasteiger partial charge in [-0.15, -0.1) is 0 Å². The normalized spacial score (nSPS) is 16.2. The quantitative estimate of drug-likeness (QED) is 0.709. The number of carbonyl (C=O) groups is 1. The monoisotopic (exact) mass is 419 g/mol. The Morgan fingerprint density at radius 3 is 2.37 bits per heavy atom. The Morgan fingerprint density at radius 2 is 1.70 bits per heavy atom. The smallest absolute Gasteiger partial charge is 0.340 e. The van der Waals surface area contributed by atoms with Gasteiger partial charge in [0.2, 0.25) is 5.91 Å². The zero-order valence-electron chi connectivity index (χ0n) is 17.5. The van der Waals surface area contributed by atoms with Gasteiger partial charge in [-0.05, 0) is 49.0 Å². The third kappa shape index (κ3) is 6.06. The standard InChI is InChI=1S/C23H28F3N3O/c1-27(2)12-14-29-15-13-28(11-10-22(29)30)17-18-4-3-5-20(16-18)19-6-8-21(9-7-19)23(24,25)26/h3-9,16H,10-15,17H2,1-2H3. The number of alkyl halides is 3. The van der Waals surface area contributed by atoms with Gasteiger partial charge < -0.3 is 9.80 Å². The third-order valence-corrected chi connectivity index (χ3v) is 5.38. The number of rotatable bonds is 6. The maximum absolute atomic E-state index is 12.8. The minimum atomic E-state index is -4.33. The molecule has 0 spiro atoms. The molecule has 0 N–H and O–H groups in total. The summed E-state index contributed by atoms with van der Waals surface area (Å²) in [6.45, 7) is 4.53. The van der Waals surface area contributed by atoms with Crippen LogP contribution in [-0.4, -0.2) is 67.4 Å². The first-order valence-corrected chi connectivity index (χ1v) is 10.1. The Balaban J connectivity index is 1.64. The fourth-order valence-electron chi connectivity index (χ4n) is 3.58. The summed E-state index contributed by atoms with van der Waals surface area (Å²) in [4.78, 5) is 18.6. The van der Waals surface area contributed by atoms with Crippen LogP contribution in [0.25, 0.3) is 11.1 Å². The average Bonchev–Trinajstić information content (AvgIpc) is 2.87. The fourth-order valence-corrected chi connectivity index (χ4v) is 3.58. The summed E-state index contributed by atoms with van der Waals surface area (Å²) in [5, 5.41) is 0. The van der Waals surface area contributed by atoms with Gasteiger partial charge in [0.05, 0.1) is 5.56 Å². The molecule has 162 valence electrons. The highest BCUT2D eigenvalue weighted by Gasteiger charge is 2.30. The van der Waals surface area contributed by atoms with Crippen molar-refractivity contribution < 1.29 is 18.0 Å². The van der Waals surface area contributed by atoms with Gasteiger partial charge in [0.1, 0.15) is 0 Å². The van der Waals surface area contributed by atoms with Crippen molar-refractivity contribution in [1.82, 2.24) is 14.7 Å². The molecular weight excluding hydrogens is 391 g/mol. The van der Waals surface area contributed by atoms with E-state index in [1.54, 1.807) is 0 Å². The second-order valence-corrected chi connectivity index (χ2v) is 7.99. The van der Waals surface area contributed by atoms with Crippen molar-refractivity contribution >= 4 is 5.91 Å². The number of likely N-dealkylation sites (N-methyl/N-ethyl adjacent to an activating group) is 1. The summed E-state index contributed by atoms with van der Waals surface area (Å²) in [5.74, 6) is 0.192. The minimum Gasteiger partial charge on any atom is -0.340 e. The Hall–Kier alpha value is -2.38. The minimum absolute atomic E-state index is 0.192. The van der Waals surface area contributed by atoms with Crippen LogP contribution in [0.2, 0.25) is 0 Å². The highest BCUT2D eigenvalue weighted by molar-refractivity contribution is 5.76. The Morgan fingerprint density at radius 1 is 0.967 bits per heavy atom. The van der Waals surface area contributed by atoms with Crippen LogP contribution in [-0.2, 0) is 17.5 Å². The van der Waals surface area contributed by atoms with Crippen molar-refractivity contribution in [3.05, 3.63) is 59.7 Å². The van der Waals surface area contributed by atoms with E-state index in [2.05, 4.69) is 9.80 Å². The van der Waals surface area contributed by atoms with Crippen LogP contribution in [0.4, 0.5) is 13.2 Å². The van der Waals surface area contributed by atoms with Crippen LogP contribution in [0.3, 0.4) is 0 Å². The molecule has 1 aliphatic heterocycles. The topological polar surface area (TPSA) is 26.8 Å². The van der Waals surface area contributed by atoms with Crippen molar-refractivity contribution in [3.8, 4) is 11.1 Å². The molecular formula is C23H28F3N3O. The molecule has 1 amide bonds. The highest BCUT2D eigenvalue weighted by Crippen LogP contribution is 2.31. The van der Waals surface area contributed by atoms with Gasteiger partial charge in [0.15, 0.2) is 0 Å². The fraction of sp³-hybridized carbons (Fsp3) is 0.435. The van der Waals surface area contributed by atoms with Crippen molar-refractivity contribution in [1.29, 1.82) is 0 Å². The molecule has 0 saturated carbocycles. The molecule has 1 fully saturated rings. The molecule has 0 radical (unpaired) electrons. The lowest BCUT2D eigenvalue weighted by Gasteiger charge is -2.23. The molecule has 30 heavy (non-hydrogen) atoms. The van der Waals surface area contributed by atoms with Crippen molar-refractivity contribution in [2.75, 3.05) is 46.8 Å². The second-order valence-electron chi connectivity index (χ2n) is 7.99. The van der Waals surface area contributed by atoms with E-state index in [0.717, 1.165) is 48.5 Å². The molecule has 1 heterocycles. The number of halogens is 3. The average molecular weight is 419 g/mol. The number of nitrogens with zero attached hydrogens (tertiary/aromatic N) is 3. The molecule has 0 atom stereocenters. The highest BCUT2D eigenvalue weighted by atomic mass is 19.4. The van der Waals surface area contributed by atoms with E-state index in [1.165, 1.54) is 12.1 Å². The second kappa shape index (κ2) is 9.62. The maximum Gasteiger partial charge on any atom is 0.416 e. The molecule has 4 nitrogen and oxygen atoms in total. The Bertz CT molecular complexity index is 850. The molecule has 0 unspecified atom stereocenters. The van der Waals surface area contributed by atoms with E-state index in [0.29, 0.717) is 26.1 Å². The van der Waals surface area contributed by atoms with Crippen molar-refractivity contribution in [2.24, 2.45) is 0 Å². The molecule has 2 aromatic carbocycles. The summed E-state index contributed by atoms with van der Waals surface area (Å²) < 4.78 is 38.4. The molecule has 0 aliphatic carbocycles. The number of amides is 1. The largest absolute Gasteiger partial charge is 0.416 e. The predicted molar refractivity (Wildman–Crippen MR) is 112 cm³/mol. The first-order chi connectivity index (χ1) is 14.2. The van der Waals surface area contributed by atoms with Crippen molar-refractivity contribution in [3.63, 3.8) is 0 Å². The van der Waals surface area contributed by atoms with Crippen LogP contribution in [0.1, 0.15) is 17.5 Å². The van der Waals surface area contributed by atoms with Crippen LogP contribution in [0, 0.1) is 0 Å². The van der Waals surface area contributed by atoms with Crippen LogP contribution in [0.5, 0.6) is 0 Å². The summed E-state index contributed by atoms with van der Waals surface area (Å²) in [7, 11) is 4.00. The van der Waals surface area contributed by atoms with Gasteiger partial charge in [-0.25, -0.2) is 0 Å². The Kier molecular flexibility index (Phi) is 7.15. The first kappa shape index (κ1) is 22.3. The van der Waals surface area contributed by atoms with Gasteiger partial charge in [-0.2, -0.15) is 13.2 Å². The maximum atomic E-state index is 12.8. The molecule has 1 saturated heterocycles. The number of hydrogen-bond donors (Lipinski definition) is 0. The molecule has 0 bridgehead atoms. The molecule has 7 heteroatoms. The molecule has 2 aromatic rings. The van der Waals surface area contributed by atoms with Crippen molar-refractivity contribution in [2.45, 2.75) is 19.1 Å². The van der Waals surface area contributed by atoms with E-state index < -0.39 is 11.7 Å². The zero-order chi connectivity index (χ0) is 21.7. The van der Waals surface area contributed by atoms with E-state index >= 15 is 0 Å². The van der Waals surface area contributed by atoms with E-state index in [-0.39, 0.29) is 5.91 Å². The van der Waals surface area contributed by atoms with Gasteiger partial charge in [0.25, 0.3) is 0 Å². The van der Waals surface area contributed by atoms with Crippen LogP contribution in [0.15, 0.2) is 48.5 Å². The number of benzene rings is 2. The Labute approximate surface area is 175 Å². The summed E-state index contributed by atoms with van der Waals surface area (Å²) in [6.07, 6.45) is -3.82. The lowest BCUT2D eigenvalue weighted by Crippen LogP contribution is -2.37. The van der Waals surface area contributed by atoms with Crippen LogP contribution >= 0.6 is 0 Å². The summed E-state index contributed by atoms with van der Waals surface area (Å²) >= 11 is 0. The number of hydrogen-bond acceptors (Lipinski definition) is 3. The first-order valence-electron chi connectivity index (χ1n) is 10.1. The molecule has 0 aromatic heterocycles.